The maximum Gasteiger partial charge on any atom is 0.150 e. The Bertz CT molecular complexity index is 801. The van der Waals surface area contributed by atoms with E-state index in [1.807, 2.05) is 4.57 Å². The van der Waals surface area contributed by atoms with Gasteiger partial charge in [-0.15, -0.1) is 11.6 Å². The van der Waals surface area contributed by atoms with Crippen LogP contribution >= 0.6 is 34.8 Å². The molecule has 1 atom stereocenters. The molecule has 2 aromatic rings. The Morgan fingerprint density at radius 2 is 2.00 bits per heavy atom. The van der Waals surface area contributed by atoms with E-state index >= 15 is 0 Å². The summed E-state index contributed by atoms with van der Waals surface area (Å²) in [4.78, 5) is 4.45. The van der Waals surface area contributed by atoms with Crippen LogP contribution < -0.4 is 0 Å². The van der Waals surface area contributed by atoms with Crippen LogP contribution in [-0.4, -0.2) is 29.5 Å². The summed E-state index contributed by atoms with van der Waals surface area (Å²) in [5.74, 6) is 1.52. The number of halogens is 3. The maximum absolute atomic E-state index is 11.6. The van der Waals surface area contributed by atoms with E-state index in [9.17, 15) is 8.42 Å². The van der Waals surface area contributed by atoms with Crippen LogP contribution in [0.5, 0.6) is 0 Å². The minimum absolute atomic E-state index is 0.0869. The Labute approximate surface area is 137 Å². The molecule has 1 aliphatic rings. The van der Waals surface area contributed by atoms with Gasteiger partial charge in [0.05, 0.1) is 38.5 Å². The van der Waals surface area contributed by atoms with Gasteiger partial charge in [0.15, 0.2) is 9.84 Å². The number of rotatable bonds is 3. The first-order valence-corrected chi connectivity index (χ1v) is 9.61. The van der Waals surface area contributed by atoms with Crippen molar-refractivity contribution >= 4 is 55.7 Å². The summed E-state index contributed by atoms with van der Waals surface area (Å²) < 4.78 is 25.1. The number of imidazole rings is 1. The summed E-state index contributed by atoms with van der Waals surface area (Å²) in [6.45, 7) is 0.579. The van der Waals surface area contributed by atoms with Crippen LogP contribution in [0.3, 0.4) is 0 Å². The van der Waals surface area contributed by atoms with Gasteiger partial charge in [0, 0.05) is 6.54 Å². The van der Waals surface area contributed by atoms with Gasteiger partial charge in [-0.25, -0.2) is 13.4 Å². The predicted octanol–water partition coefficient (Wildman–Crippen LogP) is 3.52. The van der Waals surface area contributed by atoms with Crippen LogP contribution in [-0.2, 0) is 22.3 Å². The molecule has 0 spiro atoms. The van der Waals surface area contributed by atoms with Crippen LogP contribution in [0.25, 0.3) is 11.0 Å². The standard InChI is InChI=1S/C13H13Cl3N2O2S/c14-5-13-17-11-3-9(15)10(16)4-12(11)18(13)6-8-1-2-21(19,20)7-8/h3-4,8H,1-2,5-7H2. The molecule has 2 heterocycles. The number of benzene rings is 1. The SMILES string of the molecule is O=S1(=O)CCC(Cn2c(CCl)nc3cc(Cl)c(Cl)cc32)C1. The van der Waals surface area contributed by atoms with Crippen molar-refractivity contribution in [1.82, 2.24) is 9.55 Å². The molecule has 1 aromatic heterocycles. The van der Waals surface area contributed by atoms with Gasteiger partial charge in [0.25, 0.3) is 0 Å². The molecule has 21 heavy (non-hydrogen) atoms. The molecule has 4 nitrogen and oxygen atoms in total. The highest BCUT2D eigenvalue weighted by atomic mass is 35.5. The second-order valence-electron chi connectivity index (χ2n) is 5.30. The minimum Gasteiger partial charge on any atom is -0.327 e. The number of hydrogen-bond donors (Lipinski definition) is 0. The van der Waals surface area contributed by atoms with E-state index in [4.69, 9.17) is 34.8 Å². The quantitative estimate of drug-likeness (QED) is 0.780. The van der Waals surface area contributed by atoms with E-state index in [0.29, 0.717) is 28.8 Å². The van der Waals surface area contributed by atoms with Crippen molar-refractivity contribution in [2.45, 2.75) is 18.8 Å². The number of alkyl halides is 1. The zero-order valence-corrected chi connectivity index (χ0v) is 14.1. The molecule has 1 unspecified atom stereocenters. The molecule has 0 radical (unpaired) electrons. The molecule has 8 heteroatoms. The van der Waals surface area contributed by atoms with Crippen LogP contribution in [0.15, 0.2) is 12.1 Å². The van der Waals surface area contributed by atoms with Gasteiger partial charge in [-0.3, -0.25) is 0 Å². The Balaban J connectivity index is 2.02. The third-order valence-corrected chi connectivity index (χ3v) is 6.55. The molecule has 0 N–H and O–H groups in total. The predicted molar refractivity (Wildman–Crippen MR) is 86.1 cm³/mol. The summed E-state index contributed by atoms with van der Waals surface area (Å²) in [5, 5.41) is 0.892. The van der Waals surface area contributed by atoms with E-state index in [-0.39, 0.29) is 23.3 Å². The van der Waals surface area contributed by atoms with Gasteiger partial charge in [0.1, 0.15) is 5.82 Å². The molecule has 114 valence electrons. The average Bonchev–Trinajstić information content (AvgIpc) is 2.92. The molecule has 1 aliphatic heterocycles. The first-order valence-electron chi connectivity index (χ1n) is 6.50. The molecular formula is C13H13Cl3N2O2S. The lowest BCUT2D eigenvalue weighted by molar-refractivity contribution is 0.490. The zero-order chi connectivity index (χ0) is 15.2. The third-order valence-electron chi connectivity index (χ3n) is 3.76. The summed E-state index contributed by atoms with van der Waals surface area (Å²) in [6, 6.07) is 3.46. The normalized spacial score (nSPS) is 21.2. The topological polar surface area (TPSA) is 52.0 Å². The number of aromatic nitrogens is 2. The Kier molecular flexibility index (Phi) is 4.12. The van der Waals surface area contributed by atoms with Crippen LogP contribution in [0.4, 0.5) is 0 Å². The Hall–Kier alpha value is -0.490. The molecule has 1 fully saturated rings. The van der Waals surface area contributed by atoms with Gasteiger partial charge < -0.3 is 4.57 Å². The average molecular weight is 368 g/mol. The second kappa shape index (κ2) is 5.61. The van der Waals surface area contributed by atoms with Crippen molar-refractivity contribution in [2.24, 2.45) is 5.92 Å². The lowest BCUT2D eigenvalue weighted by Gasteiger charge is -2.12. The fourth-order valence-corrected chi connectivity index (χ4v) is 5.12. The highest BCUT2D eigenvalue weighted by Crippen LogP contribution is 2.30. The molecular weight excluding hydrogens is 355 g/mol. The largest absolute Gasteiger partial charge is 0.327 e. The van der Waals surface area contributed by atoms with E-state index in [1.165, 1.54) is 0 Å². The first-order chi connectivity index (χ1) is 9.89. The summed E-state index contributed by atoms with van der Waals surface area (Å²) in [5.41, 5.74) is 1.56. The van der Waals surface area contributed by atoms with Crippen LogP contribution in [0, 0.1) is 5.92 Å². The van der Waals surface area contributed by atoms with Gasteiger partial charge in [0.2, 0.25) is 0 Å². The lowest BCUT2D eigenvalue weighted by Crippen LogP contribution is -2.14. The monoisotopic (exact) mass is 366 g/mol. The van der Waals surface area contributed by atoms with Gasteiger partial charge in [-0.1, -0.05) is 23.2 Å². The molecule has 0 saturated carbocycles. The van der Waals surface area contributed by atoms with Crippen molar-refractivity contribution in [1.29, 1.82) is 0 Å². The molecule has 1 aromatic carbocycles. The number of sulfone groups is 1. The van der Waals surface area contributed by atoms with Crippen molar-refractivity contribution in [3.8, 4) is 0 Å². The maximum atomic E-state index is 11.6. The second-order valence-corrected chi connectivity index (χ2v) is 8.61. The first kappa shape index (κ1) is 15.4. The Morgan fingerprint density at radius 1 is 1.29 bits per heavy atom. The summed E-state index contributed by atoms with van der Waals surface area (Å²) in [6.07, 6.45) is 0.672. The van der Waals surface area contributed by atoms with Crippen LogP contribution in [0.1, 0.15) is 12.2 Å². The molecule has 3 rings (SSSR count). The third kappa shape index (κ3) is 3.02. The zero-order valence-electron chi connectivity index (χ0n) is 11.0. The van der Waals surface area contributed by atoms with Crippen molar-refractivity contribution in [3.63, 3.8) is 0 Å². The van der Waals surface area contributed by atoms with Crippen molar-refractivity contribution < 1.29 is 8.42 Å². The number of fused-ring (bicyclic) bond motifs is 1. The molecule has 0 bridgehead atoms. The van der Waals surface area contributed by atoms with Gasteiger partial charge in [-0.05, 0) is 24.5 Å². The summed E-state index contributed by atoms with van der Waals surface area (Å²) in [7, 11) is -2.90. The fourth-order valence-electron chi connectivity index (χ4n) is 2.75. The van der Waals surface area contributed by atoms with E-state index in [0.717, 1.165) is 11.0 Å². The molecule has 1 saturated heterocycles. The van der Waals surface area contributed by atoms with Crippen molar-refractivity contribution in [2.75, 3.05) is 11.5 Å². The Morgan fingerprint density at radius 3 is 2.62 bits per heavy atom. The van der Waals surface area contributed by atoms with E-state index < -0.39 is 9.84 Å². The van der Waals surface area contributed by atoms with Gasteiger partial charge >= 0.3 is 0 Å². The minimum atomic E-state index is -2.90. The smallest absolute Gasteiger partial charge is 0.150 e. The number of hydrogen-bond acceptors (Lipinski definition) is 3. The van der Waals surface area contributed by atoms with E-state index in [2.05, 4.69) is 4.98 Å². The lowest BCUT2D eigenvalue weighted by atomic mass is 10.1. The molecule has 0 aliphatic carbocycles. The van der Waals surface area contributed by atoms with Crippen molar-refractivity contribution in [3.05, 3.63) is 28.0 Å². The fraction of sp³-hybridized carbons (Fsp3) is 0.462. The van der Waals surface area contributed by atoms with Crippen LogP contribution in [0.2, 0.25) is 10.0 Å². The summed E-state index contributed by atoms with van der Waals surface area (Å²) >= 11 is 18.0. The van der Waals surface area contributed by atoms with Gasteiger partial charge in [-0.2, -0.15) is 0 Å². The highest BCUT2D eigenvalue weighted by molar-refractivity contribution is 7.91. The highest BCUT2D eigenvalue weighted by Gasteiger charge is 2.29. The van der Waals surface area contributed by atoms with E-state index in [1.54, 1.807) is 12.1 Å². The number of nitrogens with zero attached hydrogens (tertiary/aromatic N) is 2. The molecule has 0 amide bonds.